The van der Waals surface area contributed by atoms with Crippen molar-refractivity contribution in [2.45, 2.75) is 53.5 Å². The van der Waals surface area contributed by atoms with Gasteiger partial charge in [0.25, 0.3) is 0 Å². The fourth-order valence-electron chi connectivity index (χ4n) is 1.03. The molecule has 19 heavy (non-hydrogen) atoms. The van der Waals surface area contributed by atoms with E-state index in [1.54, 1.807) is 6.92 Å². The van der Waals surface area contributed by atoms with Gasteiger partial charge in [0.2, 0.25) is 0 Å². The molecule has 5 nitrogen and oxygen atoms in total. The van der Waals surface area contributed by atoms with Crippen molar-refractivity contribution in [3.63, 3.8) is 0 Å². The lowest BCUT2D eigenvalue weighted by Gasteiger charge is -2.24. The van der Waals surface area contributed by atoms with Gasteiger partial charge in [0.05, 0.1) is 5.57 Å². The van der Waals surface area contributed by atoms with Crippen molar-refractivity contribution in [2.24, 2.45) is 0 Å². The van der Waals surface area contributed by atoms with Crippen molar-refractivity contribution in [2.75, 3.05) is 0 Å². The van der Waals surface area contributed by atoms with Gasteiger partial charge in [-0.15, -0.1) is 0 Å². The van der Waals surface area contributed by atoms with Crippen LogP contribution in [0, 0.1) is 0 Å². The molecule has 0 amide bonds. The van der Waals surface area contributed by atoms with Crippen LogP contribution in [-0.4, -0.2) is 27.7 Å². The summed E-state index contributed by atoms with van der Waals surface area (Å²) in [4.78, 5) is 20.3. The molecule has 0 saturated carbocycles. The van der Waals surface area contributed by atoms with Crippen molar-refractivity contribution in [1.29, 1.82) is 0 Å². The molecule has 0 atom stereocenters. The third-order valence-corrected chi connectivity index (χ3v) is 2.02. The molecule has 0 bridgehead atoms. The van der Waals surface area contributed by atoms with Crippen LogP contribution >= 0.6 is 0 Å². The molecule has 0 aromatic rings. The van der Waals surface area contributed by atoms with Crippen molar-refractivity contribution >= 4 is 11.9 Å². The summed E-state index contributed by atoms with van der Waals surface area (Å²) in [6, 6.07) is 0. The molecule has 3 N–H and O–H groups in total. The molecular weight excluding hydrogens is 246 g/mol. The van der Waals surface area contributed by atoms with E-state index in [-0.39, 0.29) is 11.1 Å². The van der Waals surface area contributed by atoms with Crippen molar-refractivity contribution in [3.05, 3.63) is 23.4 Å². The van der Waals surface area contributed by atoms with Gasteiger partial charge in [-0.25, -0.2) is 9.59 Å². The van der Waals surface area contributed by atoms with Gasteiger partial charge < -0.3 is 15.5 Å². The number of rotatable bonds is 4. The van der Waals surface area contributed by atoms with Crippen LogP contribution in [0.2, 0.25) is 0 Å². The lowest BCUT2D eigenvalue weighted by atomic mass is 10.1. The van der Waals surface area contributed by atoms with E-state index in [1.807, 2.05) is 27.7 Å². The summed E-state index contributed by atoms with van der Waals surface area (Å²) in [5, 5.41) is 19.9. The predicted molar refractivity (Wildman–Crippen MR) is 76.0 cm³/mol. The molecule has 0 aliphatic carbocycles. The van der Waals surface area contributed by atoms with Crippen LogP contribution in [0.3, 0.4) is 0 Å². The second-order valence-corrected chi connectivity index (χ2v) is 5.22. The van der Waals surface area contributed by atoms with Crippen LogP contribution in [0.15, 0.2) is 23.4 Å². The van der Waals surface area contributed by atoms with Crippen molar-refractivity contribution < 1.29 is 19.8 Å². The zero-order chi connectivity index (χ0) is 15.8. The number of carbonyl (C=O) groups is 2. The number of hydrogen-bond acceptors (Lipinski definition) is 3. The molecule has 0 rings (SSSR count). The lowest BCUT2D eigenvalue weighted by molar-refractivity contribution is -0.133. The third kappa shape index (κ3) is 11.1. The first-order valence-corrected chi connectivity index (χ1v) is 6.02. The molecule has 0 aromatic carbocycles. The summed E-state index contributed by atoms with van der Waals surface area (Å²) in [7, 11) is 0. The van der Waals surface area contributed by atoms with Crippen molar-refractivity contribution in [1.82, 2.24) is 5.32 Å². The highest BCUT2D eigenvalue weighted by atomic mass is 16.4. The van der Waals surface area contributed by atoms with Crippen LogP contribution in [0.4, 0.5) is 0 Å². The summed E-state index contributed by atoms with van der Waals surface area (Å²) in [6.07, 6.45) is 0.718. The SMILES string of the molecule is C=C(C)C(=O)O.CC/C(NC(C)(C)C)=C(/C)C(=O)O. The van der Waals surface area contributed by atoms with Crippen LogP contribution in [0.1, 0.15) is 48.0 Å². The first-order valence-electron chi connectivity index (χ1n) is 6.02. The van der Waals surface area contributed by atoms with Gasteiger partial charge in [0, 0.05) is 16.8 Å². The van der Waals surface area contributed by atoms with E-state index in [0.717, 1.165) is 12.1 Å². The molecule has 0 aliphatic rings. The Hall–Kier alpha value is -1.78. The zero-order valence-corrected chi connectivity index (χ0v) is 12.6. The Balaban J connectivity index is 0. The fraction of sp³-hybridized carbons (Fsp3) is 0.571. The molecular formula is C14H25NO4. The van der Waals surface area contributed by atoms with Crippen molar-refractivity contribution in [3.8, 4) is 0 Å². The Morgan fingerprint density at radius 3 is 1.63 bits per heavy atom. The highest BCUT2D eigenvalue weighted by Crippen LogP contribution is 2.11. The molecule has 0 fully saturated rings. The van der Waals surface area contributed by atoms with Crippen LogP contribution in [-0.2, 0) is 9.59 Å². The summed E-state index contributed by atoms with van der Waals surface area (Å²) >= 11 is 0. The monoisotopic (exact) mass is 271 g/mol. The zero-order valence-electron chi connectivity index (χ0n) is 12.6. The van der Waals surface area contributed by atoms with E-state index in [2.05, 4.69) is 11.9 Å². The first-order chi connectivity index (χ1) is 8.42. The Kier molecular flexibility index (Phi) is 8.59. The number of nitrogens with one attached hydrogen (secondary N) is 1. The maximum absolute atomic E-state index is 10.7. The van der Waals surface area contributed by atoms with Gasteiger partial charge >= 0.3 is 11.9 Å². The smallest absolute Gasteiger partial charge is 0.333 e. The second kappa shape index (κ2) is 8.34. The number of carboxylic acid groups (broad SMARTS) is 2. The van der Waals surface area contributed by atoms with E-state index >= 15 is 0 Å². The molecule has 0 aliphatic heterocycles. The summed E-state index contributed by atoms with van der Waals surface area (Å²) in [6.45, 7) is 14.2. The van der Waals surface area contributed by atoms with Crippen LogP contribution in [0.5, 0.6) is 0 Å². The molecule has 0 aromatic heterocycles. The van der Waals surface area contributed by atoms with Gasteiger partial charge in [-0.1, -0.05) is 13.5 Å². The van der Waals surface area contributed by atoms with E-state index in [0.29, 0.717) is 5.57 Å². The molecule has 0 saturated heterocycles. The number of allylic oxidation sites excluding steroid dienone is 1. The summed E-state index contributed by atoms with van der Waals surface area (Å²) in [5.41, 5.74) is 1.30. The van der Waals surface area contributed by atoms with E-state index in [1.165, 1.54) is 6.92 Å². The minimum atomic E-state index is -0.935. The molecule has 0 heterocycles. The lowest BCUT2D eigenvalue weighted by Crippen LogP contribution is -2.36. The Morgan fingerprint density at radius 2 is 1.47 bits per heavy atom. The quantitative estimate of drug-likeness (QED) is 0.684. The highest BCUT2D eigenvalue weighted by Gasteiger charge is 2.14. The normalized spacial score (nSPS) is 11.7. The minimum Gasteiger partial charge on any atom is -0.478 e. The predicted octanol–water partition coefficient (Wildman–Crippen LogP) is 2.79. The Labute approximate surface area is 115 Å². The molecule has 0 radical (unpaired) electrons. The van der Waals surface area contributed by atoms with Gasteiger partial charge in [0.15, 0.2) is 0 Å². The standard InChI is InChI=1S/C10H19NO2.C4H6O2/c1-6-8(7(2)9(12)13)11-10(3,4)5;1-3(2)4(5)6/h11H,6H2,1-5H3,(H,12,13);1H2,2H3,(H,5,6)/b8-7+;. The summed E-state index contributed by atoms with van der Waals surface area (Å²) < 4.78 is 0. The average molecular weight is 271 g/mol. The first kappa shape index (κ1) is 19.6. The topological polar surface area (TPSA) is 86.6 Å². The van der Waals surface area contributed by atoms with E-state index in [4.69, 9.17) is 10.2 Å². The van der Waals surface area contributed by atoms with Gasteiger partial charge in [-0.05, 0) is 41.0 Å². The molecule has 110 valence electrons. The van der Waals surface area contributed by atoms with E-state index < -0.39 is 11.9 Å². The van der Waals surface area contributed by atoms with Gasteiger partial charge in [0.1, 0.15) is 0 Å². The average Bonchev–Trinajstić information content (AvgIpc) is 2.24. The molecule has 5 heteroatoms. The minimum absolute atomic E-state index is 0.0813. The fourth-order valence-corrected chi connectivity index (χ4v) is 1.03. The Morgan fingerprint density at radius 1 is 1.11 bits per heavy atom. The van der Waals surface area contributed by atoms with Crippen LogP contribution in [0.25, 0.3) is 0 Å². The Bertz CT molecular complexity index is 363. The van der Waals surface area contributed by atoms with E-state index in [9.17, 15) is 9.59 Å². The summed E-state index contributed by atoms with van der Waals surface area (Å²) in [5.74, 6) is -1.79. The second-order valence-electron chi connectivity index (χ2n) is 5.22. The maximum Gasteiger partial charge on any atom is 0.333 e. The molecule has 0 unspecified atom stereocenters. The maximum atomic E-state index is 10.7. The highest BCUT2D eigenvalue weighted by molar-refractivity contribution is 5.86. The number of carboxylic acids is 2. The number of aliphatic carboxylic acids is 2. The molecule has 0 spiro atoms. The van der Waals surface area contributed by atoms with Gasteiger partial charge in [-0.3, -0.25) is 0 Å². The largest absolute Gasteiger partial charge is 0.478 e. The number of hydrogen-bond donors (Lipinski definition) is 3. The van der Waals surface area contributed by atoms with Crippen LogP contribution < -0.4 is 5.32 Å². The third-order valence-electron chi connectivity index (χ3n) is 2.02. The van der Waals surface area contributed by atoms with Gasteiger partial charge in [-0.2, -0.15) is 0 Å².